The molecule has 0 N–H and O–H groups in total. The molecule has 0 aromatic rings. The maximum atomic E-state index is 2.33. The summed E-state index contributed by atoms with van der Waals surface area (Å²) in [5.74, 6) is 0. The summed E-state index contributed by atoms with van der Waals surface area (Å²) in [5, 5.41) is 0. The van der Waals surface area contributed by atoms with E-state index in [9.17, 15) is 0 Å². The van der Waals surface area contributed by atoms with Crippen LogP contribution in [-0.4, -0.2) is 19.8 Å². The van der Waals surface area contributed by atoms with Crippen molar-refractivity contribution in [3.05, 3.63) is 0 Å². The van der Waals surface area contributed by atoms with E-state index in [0.717, 1.165) is 0 Å². The van der Waals surface area contributed by atoms with Gasteiger partial charge in [-0.1, -0.05) is 0 Å². The predicted octanol–water partition coefficient (Wildman–Crippen LogP) is 4.88. The zero-order valence-electron chi connectivity index (χ0n) is 9.86. The molecule has 13 heavy (non-hydrogen) atoms. The molecule has 0 bridgehead atoms. The normalized spacial score (nSPS) is 11.1. The molecule has 0 amide bonds. The molecule has 0 nitrogen and oxygen atoms in total. The number of hydrogen-bond acceptors (Lipinski definition) is 0. The molecule has 80 valence electrons. The molecule has 0 heterocycles. The van der Waals surface area contributed by atoms with E-state index in [1.165, 1.54) is 38.5 Å². The van der Waals surface area contributed by atoms with Crippen molar-refractivity contribution in [2.24, 2.45) is 0 Å². The van der Waals surface area contributed by atoms with Gasteiger partial charge >= 0.3 is 92.4 Å². The van der Waals surface area contributed by atoms with Crippen LogP contribution in [0.4, 0.5) is 0 Å². The van der Waals surface area contributed by atoms with Gasteiger partial charge in [0.25, 0.3) is 0 Å². The van der Waals surface area contributed by atoms with Gasteiger partial charge in [-0.2, -0.15) is 0 Å². The molecule has 0 saturated heterocycles. The Morgan fingerprint density at radius 1 is 0.615 bits per heavy atom. The molecule has 0 spiro atoms. The zero-order chi connectivity index (χ0) is 9.94. The topological polar surface area (TPSA) is 0 Å². The standard InChI is InChI=1S/3C4H9.Sn/c3*1-3-4-2;/h3*1,3-4H2,2H3;/q;;;-1. The summed E-state index contributed by atoms with van der Waals surface area (Å²) in [6, 6.07) is 0. The molecule has 0 aliphatic carbocycles. The molecule has 0 atom stereocenters. The SMILES string of the molecule is CCC[CH2][Sn-]([CH2]CCC)[CH2]CCC. The van der Waals surface area contributed by atoms with Gasteiger partial charge in [-0.05, 0) is 0 Å². The zero-order valence-corrected chi connectivity index (χ0v) is 12.7. The summed E-state index contributed by atoms with van der Waals surface area (Å²) in [7, 11) is 0. The Morgan fingerprint density at radius 2 is 0.923 bits per heavy atom. The molecule has 1 heteroatoms. The van der Waals surface area contributed by atoms with Crippen molar-refractivity contribution in [2.45, 2.75) is 72.6 Å². The van der Waals surface area contributed by atoms with Crippen LogP contribution in [0, 0.1) is 0 Å². The maximum absolute atomic E-state index is 2.33. The fourth-order valence-electron chi connectivity index (χ4n) is 1.66. The van der Waals surface area contributed by atoms with Gasteiger partial charge in [0, 0.05) is 0 Å². The average Bonchev–Trinajstić information content (AvgIpc) is 2.17. The van der Waals surface area contributed by atoms with E-state index in [1.807, 2.05) is 0 Å². The van der Waals surface area contributed by atoms with Crippen LogP contribution < -0.4 is 0 Å². The number of rotatable bonds is 9. The summed E-state index contributed by atoms with van der Waals surface area (Å²) in [4.78, 5) is 0. The van der Waals surface area contributed by atoms with E-state index in [1.54, 1.807) is 13.3 Å². The molecule has 0 unspecified atom stereocenters. The summed E-state index contributed by atoms with van der Waals surface area (Å²) in [6.45, 7) is 7.00. The van der Waals surface area contributed by atoms with Crippen molar-refractivity contribution in [3.8, 4) is 0 Å². The van der Waals surface area contributed by atoms with Crippen molar-refractivity contribution >= 4 is 19.8 Å². The monoisotopic (exact) mass is 291 g/mol. The minimum atomic E-state index is -0.839. The van der Waals surface area contributed by atoms with Gasteiger partial charge in [0.05, 0.1) is 0 Å². The molecule has 0 saturated carbocycles. The van der Waals surface area contributed by atoms with Gasteiger partial charge in [-0.25, -0.2) is 0 Å². The van der Waals surface area contributed by atoms with Crippen LogP contribution in [0.2, 0.25) is 13.3 Å². The number of hydrogen-bond donors (Lipinski definition) is 0. The third kappa shape index (κ3) is 9.11. The molecule has 0 radical (unpaired) electrons. The van der Waals surface area contributed by atoms with E-state index < -0.39 is 19.8 Å². The van der Waals surface area contributed by atoms with Crippen LogP contribution in [0.25, 0.3) is 0 Å². The first-order valence-electron chi connectivity index (χ1n) is 6.18. The summed E-state index contributed by atoms with van der Waals surface area (Å²) >= 11 is -0.839. The molecule has 0 aliphatic rings. The second-order valence-corrected chi connectivity index (χ2v) is 12.6. The van der Waals surface area contributed by atoms with Gasteiger partial charge in [-0.3, -0.25) is 0 Å². The Hall–Kier alpha value is 0.799. The molecule has 0 aromatic heterocycles. The van der Waals surface area contributed by atoms with Crippen LogP contribution in [0.15, 0.2) is 0 Å². The van der Waals surface area contributed by atoms with E-state index in [4.69, 9.17) is 0 Å². The second-order valence-electron chi connectivity index (χ2n) is 4.06. The molecule has 0 rings (SSSR count). The third-order valence-corrected chi connectivity index (χ3v) is 11.7. The van der Waals surface area contributed by atoms with Gasteiger partial charge in [0.15, 0.2) is 0 Å². The van der Waals surface area contributed by atoms with Crippen LogP contribution in [-0.2, 0) is 0 Å². The van der Waals surface area contributed by atoms with Crippen LogP contribution in [0.1, 0.15) is 59.3 Å². The fourth-order valence-corrected chi connectivity index (χ4v) is 11.1. The Balaban J connectivity index is 3.47. The van der Waals surface area contributed by atoms with Gasteiger partial charge in [-0.15, -0.1) is 0 Å². The summed E-state index contributed by atoms with van der Waals surface area (Å²) < 4.78 is 5.04. The Bertz CT molecular complexity index is 72.1. The molecular formula is C12H27Sn-. The van der Waals surface area contributed by atoms with Gasteiger partial charge in [0.2, 0.25) is 0 Å². The van der Waals surface area contributed by atoms with E-state index in [-0.39, 0.29) is 0 Å². The molecule has 0 aliphatic heterocycles. The minimum absolute atomic E-state index is 0.839. The fraction of sp³-hybridized carbons (Fsp3) is 1.00. The first-order chi connectivity index (χ1) is 6.35. The van der Waals surface area contributed by atoms with Crippen LogP contribution >= 0.6 is 0 Å². The summed E-state index contributed by atoms with van der Waals surface area (Å²) in [5.41, 5.74) is 0. The average molecular weight is 290 g/mol. The summed E-state index contributed by atoms with van der Waals surface area (Å²) in [6.07, 6.45) is 8.85. The van der Waals surface area contributed by atoms with Crippen molar-refractivity contribution in [3.63, 3.8) is 0 Å². The van der Waals surface area contributed by atoms with Crippen LogP contribution in [0.5, 0.6) is 0 Å². The number of unbranched alkanes of at least 4 members (excludes halogenated alkanes) is 3. The second kappa shape index (κ2) is 10.9. The third-order valence-electron chi connectivity index (χ3n) is 2.65. The molecule has 0 fully saturated rings. The van der Waals surface area contributed by atoms with E-state index in [2.05, 4.69) is 20.8 Å². The van der Waals surface area contributed by atoms with E-state index in [0.29, 0.717) is 0 Å². The quantitative estimate of drug-likeness (QED) is 0.531. The van der Waals surface area contributed by atoms with Crippen molar-refractivity contribution in [2.75, 3.05) is 0 Å². The van der Waals surface area contributed by atoms with Gasteiger partial charge < -0.3 is 0 Å². The Kier molecular flexibility index (Phi) is 11.5. The molecular weight excluding hydrogens is 263 g/mol. The Morgan fingerprint density at radius 3 is 1.15 bits per heavy atom. The van der Waals surface area contributed by atoms with Gasteiger partial charge in [0.1, 0.15) is 0 Å². The molecule has 0 aromatic carbocycles. The van der Waals surface area contributed by atoms with Crippen molar-refractivity contribution in [1.82, 2.24) is 0 Å². The van der Waals surface area contributed by atoms with E-state index >= 15 is 0 Å². The predicted molar refractivity (Wildman–Crippen MR) is 64.9 cm³/mol. The van der Waals surface area contributed by atoms with Crippen molar-refractivity contribution in [1.29, 1.82) is 0 Å². The van der Waals surface area contributed by atoms with Crippen molar-refractivity contribution < 1.29 is 0 Å². The first-order valence-corrected chi connectivity index (χ1v) is 12.2. The Labute approximate surface area is 92.2 Å². The first kappa shape index (κ1) is 13.8. The van der Waals surface area contributed by atoms with Crippen LogP contribution in [0.3, 0.4) is 0 Å².